The molecule has 1 amide bonds. The lowest BCUT2D eigenvalue weighted by Crippen LogP contribution is -2.37. The molecule has 3 nitrogen and oxygen atoms in total. The van der Waals surface area contributed by atoms with Crippen LogP contribution in [0.5, 0.6) is 0 Å². The fourth-order valence-corrected chi connectivity index (χ4v) is 1.91. The summed E-state index contributed by atoms with van der Waals surface area (Å²) >= 11 is 1.40. The molecule has 16 heavy (non-hydrogen) atoms. The third-order valence-electron chi connectivity index (χ3n) is 2.37. The third-order valence-corrected chi connectivity index (χ3v) is 3.13. The molecule has 1 atom stereocenters. The molecule has 0 fully saturated rings. The van der Waals surface area contributed by atoms with E-state index in [9.17, 15) is 4.79 Å². The maximum atomic E-state index is 11.9. The molecule has 92 valence electrons. The summed E-state index contributed by atoms with van der Waals surface area (Å²) in [6.07, 6.45) is 2.62. The molecule has 1 aromatic heterocycles. The zero-order chi connectivity index (χ0) is 12.6. The lowest BCUT2D eigenvalue weighted by Gasteiger charge is -2.26. The van der Waals surface area contributed by atoms with Crippen LogP contribution in [0.25, 0.3) is 0 Å². The summed E-state index contributed by atoms with van der Waals surface area (Å²) in [6.45, 7) is 10.9. The number of rotatable bonds is 4. The Hall–Kier alpha value is -0.900. The third kappa shape index (κ3) is 3.93. The van der Waals surface area contributed by atoms with Crippen molar-refractivity contribution in [1.82, 2.24) is 9.88 Å². The molecule has 4 heteroatoms. The summed E-state index contributed by atoms with van der Waals surface area (Å²) in [4.78, 5) is 18.5. The van der Waals surface area contributed by atoms with E-state index in [2.05, 4.69) is 18.8 Å². The van der Waals surface area contributed by atoms with Gasteiger partial charge in [-0.05, 0) is 20.3 Å². The van der Waals surface area contributed by atoms with Crippen molar-refractivity contribution in [2.24, 2.45) is 0 Å². The van der Waals surface area contributed by atoms with Gasteiger partial charge in [0.15, 0.2) is 0 Å². The van der Waals surface area contributed by atoms with Crippen LogP contribution in [0.3, 0.4) is 0 Å². The summed E-state index contributed by atoms with van der Waals surface area (Å²) < 4.78 is 0. The number of carbonyl (C=O) groups is 1. The molecule has 0 radical (unpaired) electrons. The molecule has 1 aromatic rings. The molecule has 1 rings (SSSR count). The Morgan fingerprint density at radius 3 is 2.50 bits per heavy atom. The topological polar surface area (TPSA) is 33.2 Å². The van der Waals surface area contributed by atoms with Crippen LogP contribution in [0.15, 0.2) is 11.7 Å². The van der Waals surface area contributed by atoms with Crippen molar-refractivity contribution >= 4 is 17.2 Å². The van der Waals surface area contributed by atoms with Gasteiger partial charge < -0.3 is 4.90 Å². The van der Waals surface area contributed by atoms with Gasteiger partial charge in [-0.3, -0.25) is 9.78 Å². The largest absolute Gasteiger partial charge is 0.335 e. The standard InChI is InChI=1S/C10H16N2OS.C2H6/c1-4-8(3)12(5-2)10(13)9-6-11-7-14-9;1-2/h6-8H,4-5H2,1-3H3;1-2H3/t8-;/m1./s1. The van der Waals surface area contributed by atoms with Gasteiger partial charge in [0.05, 0.1) is 11.7 Å². The van der Waals surface area contributed by atoms with E-state index in [0.29, 0.717) is 6.04 Å². The molecule has 0 N–H and O–H groups in total. The van der Waals surface area contributed by atoms with Crippen LogP contribution < -0.4 is 0 Å². The number of hydrogen-bond acceptors (Lipinski definition) is 3. The predicted molar refractivity (Wildman–Crippen MR) is 69.9 cm³/mol. The van der Waals surface area contributed by atoms with E-state index >= 15 is 0 Å². The lowest BCUT2D eigenvalue weighted by molar-refractivity contribution is 0.0704. The fourth-order valence-electron chi connectivity index (χ4n) is 1.34. The number of nitrogens with zero attached hydrogens (tertiary/aromatic N) is 2. The van der Waals surface area contributed by atoms with Crippen molar-refractivity contribution in [3.63, 3.8) is 0 Å². The van der Waals surface area contributed by atoms with E-state index in [-0.39, 0.29) is 5.91 Å². The van der Waals surface area contributed by atoms with Gasteiger partial charge in [-0.1, -0.05) is 20.8 Å². The Labute approximate surface area is 103 Å². The Balaban J connectivity index is 0.00000106. The van der Waals surface area contributed by atoms with Gasteiger partial charge >= 0.3 is 0 Å². The average Bonchev–Trinajstić information content (AvgIpc) is 2.85. The molecule has 1 heterocycles. The van der Waals surface area contributed by atoms with Crippen LogP contribution in [0.1, 0.15) is 50.7 Å². The number of amides is 1. The Kier molecular flexibility index (Phi) is 7.81. The molecule has 0 saturated heterocycles. The Morgan fingerprint density at radius 1 is 1.50 bits per heavy atom. The summed E-state index contributed by atoms with van der Waals surface area (Å²) in [5.41, 5.74) is 1.69. The lowest BCUT2D eigenvalue weighted by atomic mass is 10.2. The van der Waals surface area contributed by atoms with Crippen molar-refractivity contribution < 1.29 is 4.79 Å². The molecular formula is C12H22N2OS. The first-order chi connectivity index (χ1) is 7.70. The number of hydrogen-bond donors (Lipinski definition) is 0. The first-order valence-electron chi connectivity index (χ1n) is 5.90. The quantitative estimate of drug-likeness (QED) is 0.810. The van der Waals surface area contributed by atoms with E-state index in [4.69, 9.17) is 0 Å². The van der Waals surface area contributed by atoms with Crippen molar-refractivity contribution in [3.05, 3.63) is 16.6 Å². The van der Waals surface area contributed by atoms with Crippen LogP contribution in [-0.2, 0) is 0 Å². The molecule has 0 spiro atoms. The predicted octanol–water partition coefficient (Wildman–Crippen LogP) is 3.43. The monoisotopic (exact) mass is 242 g/mol. The van der Waals surface area contributed by atoms with E-state index < -0.39 is 0 Å². The van der Waals surface area contributed by atoms with Gasteiger partial charge in [0, 0.05) is 12.6 Å². The van der Waals surface area contributed by atoms with Crippen LogP contribution in [0.4, 0.5) is 0 Å². The second-order valence-electron chi connectivity index (χ2n) is 3.21. The number of aromatic nitrogens is 1. The maximum absolute atomic E-state index is 11.9. The smallest absolute Gasteiger partial charge is 0.265 e. The highest BCUT2D eigenvalue weighted by atomic mass is 32.1. The highest BCUT2D eigenvalue weighted by molar-refractivity contribution is 7.11. The molecule has 0 aromatic carbocycles. The minimum absolute atomic E-state index is 0.101. The molecular weight excluding hydrogens is 220 g/mol. The highest BCUT2D eigenvalue weighted by Gasteiger charge is 2.19. The van der Waals surface area contributed by atoms with Crippen LogP contribution in [-0.4, -0.2) is 28.4 Å². The van der Waals surface area contributed by atoms with Crippen LogP contribution in [0, 0.1) is 0 Å². The molecule has 0 aliphatic carbocycles. The minimum Gasteiger partial charge on any atom is -0.335 e. The fraction of sp³-hybridized carbons (Fsp3) is 0.667. The normalized spacial score (nSPS) is 11.3. The van der Waals surface area contributed by atoms with Crippen LogP contribution >= 0.6 is 11.3 Å². The van der Waals surface area contributed by atoms with E-state index in [1.165, 1.54) is 11.3 Å². The van der Waals surface area contributed by atoms with Gasteiger partial charge in [-0.15, -0.1) is 11.3 Å². The van der Waals surface area contributed by atoms with Crippen LogP contribution in [0.2, 0.25) is 0 Å². The molecule has 0 aliphatic heterocycles. The Bertz CT molecular complexity index is 285. The van der Waals surface area contributed by atoms with Crippen molar-refractivity contribution in [2.75, 3.05) is 6.54 Å². The molecule has 0 aliphatic rings. The summed E-state index contributed by atoms with van der Waals surface area (Å²) in [6, 6.07) is 0.301. The molecule has 0 unspecified atom stereocenters. The Morgan fingerprint density at radius 2 is 2.12 bits per heavy atom. The van der Waals surface area contributed by atoms with E-state index in [1.807, 2.05) is 25.7 Å². The van der Waals surface area contributed by atoms with Gasteiger partial charge in [-0.25, -0.2) is 0 Å². The highest BCUT2D eigenvalue weighted by Crippen LogP contribution is 2.13. The first kappa shape index (κ1) is 15.1. The SMILES string of the molecule is CC.CC[C@@H](C)N(CC)C(=O)c1cncs1. The van der Waals surface area contributed by atoms with E-state index in [0.717, 1.165) is 17.8 Å². The van der Waals surface area contributed by atoms with Gasteiger partial charge in [0.25, 0.3) is 5.91 Å². The zero-order valence-corrected chi connectivity index (χ0v) is 11.7. The summed E-state index contributed by atoms with van der Waals surface area (Å²) in [5.74, 6) is 0.101. The van der Waals surface area contributed by atoms with Gasteiger partial charge in [-0.2, -0.15) is 0 Å². The molecule has 0 saturated carbocycles. The second kappa shape index (κ2) is 8.28. The number of carbonyl (C=O) groups excluding carboxylic acids is 1. The molecule has 0 bridgehead atoms. The van der Waals surface area contributed by atoms with Crippen molar-refractivity contribution in [2.45, 2.75) is 47.1 Å². The average molecular weight is 242 g/mol. The maximum Gasteiger partial charge on any atom is 0.265 e. The van der Waals surface area contributed by atoms with Crippen molar-refractivity contribution in [1.29, 1.82) is 0 Å². The van der Waals surface area contributed by atoms with Gasteiger partial charge in [0.2, 0.25) is 0 Å². The number of thiazole rings is 1. The second-order valence-corrected chi connectivity index (χ2v) is 4.10. The van der Waals surface area contributed by atoms with E-state index in [1.54, 1.807) is 11.7 Å². The van der Waals surface area contributed by atoms with Gasteiger partial charge in [0.1, 0.15) is 4.88 Å². The first-order valence-corrected chi connectivity index (χ1v) is 6.78. The summed E-state index contributed by atoms with van der Waals surface area (Å²) in [5, 5.41) is 0. The summed E-state index contributed by atoms with van der Waals surface area (Å²) in [7, 11) is 0. The van der Waals surface area contributed by atoms with Crippen molar-refractivity contribution in [3.8, 4) is 0 Å². The zero-order valence-electron chi connectivity index (χ0n) is 10.9. The minimum atomic E-state index is 0.101.